The lowest BCUT2D eigenvalue weighted by molar-refractivity contribution is -0.128. The fourth-order valence-electron chi connectivity index (χ4n) is 3.62. The molecule has 162 valence electrons. The van der Waals surface area contributed by atoms with E-state index in [4.69, 9.17) is 4.74 Å². The molecule has 3 heterocycles. The number of rotatable bonds is 9. The van der Waals surface area contributed by atoms with Crippen molar-refractivity contribution in [3.05, 3.63) is 60.8 Å². The molecule has 3 rings (SSSR count). The Balaban J connectivity index is 0.00000155. The molecule has 2 aromatic rings. The molecule has 1 saturated heterocycles. The third-order valence-corrected chi connectivity index (χ3v) is 5.08. The number of imidazole rings is 1. The molecule has 0 saturated carbocycles. The third kappa shape index (κ3) is 5.81. The van der Waals surface area contributed by atoms with Gasteiger partial charge in [0.1, 0.15) is 11.3 Å². The van der Waals surface area contributed by atoms with Crippen molar-refractivity contribution in [1.29, 1.82) is 0 Å². The molecular weight excluding hydrogens is 376 g/mol. The second-order valence-corrected chi connectivity index (χ2v) is 7.31. The summed E-state index contributed by atoms with van der Waals surface area (Å²) in [4.78, 5) is 23.4. The number of hydrogen-bond donors (Lipinski definition) is 0. The number of aromatic nitrogens is 3. The van der Waals surface area contributed by atoms with Crippen LogP contribution in [-0.4, -0.2) is 39.0 Å². The lowest BCUT2D eigenvalue weighted by Crippen LogP contribution is -2.24. The van der Waals surface area contributed by atoms with Gasteiger partial charge in [0.15, 0.2) is 5.65 Å². The van der Waals surface area contributed by atoms with Crippen LogP contribution in [0.25, 0.3) is 11.2 Å². The molecular formula is C24H34N4O2. The van der Waals surface area contributed by atoms with Crippen LogP contribution in [0.4, 0.5) is 0 Å². The van der Waals surface area contributed by atoms with E-state index < -0.39 is 0 Å². The second-order valence-electron chi connectivity index (χ2n) is 7.31. The molecule has 6 heteroatoms. The van der Waals surface area contributed by atoms with E-state index in [1.165, 1.54) is 0 Å². The number of nitrogens with zero attached hydrogens (tertiary/aromatic N) is 4. The molecule has 2 aromatic heterocycles. The van der Waals surface area contributed by atoms with Crippen LogP contribution >= 0.6 is 0 Å². The highest BCUT2D eigenvalue weighted by molar-refractivity contribution is 5.80. The van der Waals surface area contributed by atoms with Crippen LogP contribution in [0, 0.1) is 5.92 Å². The number of likely N-dealkylation sites (tertiary alicyclic amines) is 1. The van der Waals surface area contributed by atoms with Crippen LogP contribution in [0.1, 0.15) is 45.6 Å². The molecule has 1 unspecified atom stereocenters. The van der Waals surface area contributed by atoms with Crippen LogP contribution in [-0.2, 0) is 22.6 Å². The number of carbonyl (C=O) groups is 1. The van der Waals surface area contributed by atoms with Gasteiger partial charge < -0.3 is 14.2 Å². The first-order valence-electron chi connectivity index (χ1n) is 10.7. The Morgan fingerprint density at radius 3 is 2.77 bits per heavy atom. The maximum atomic E-state index is 12.4. The van der Waals surface area contributed by atoms with Crippen molar-refractivity contribution in [2.45, 2.75) is 53.1 Å². The Kier molecular flexibility index (Phi) is 8.84. The fourth-order valence-corrected chi connectivity index (χ4v) is 3.62. The predicted octanol–water partition coefficient (Wildman–Crippen LogP) is 4.88. The quantitative estimate of drug-likeness (QED) is 0.437. The van der Waals surface area contributed by atoms with E-state index in [2.05, 4.69) is 30.0 Å². The first-order valence-corrected chi connectivity index (χ1v) is 10.7. The SMILES string of the molecule is C=C(/C=C\C(=C)OC)Cn1cnc2c(CN3CC(CCC)CC3=O)ccnc21.CC. The summed E-state index contributed by atoms with van der Waals surface area (Å²) in [6, 6.07) is 1.96. The van der Waals surface area contributed by atoms with Crippen molar-refractivity contribution in [3.8, 4) is 0 Å². The van der Waals surface area contributed by atoms with Crippen LogP contribution in [0.5, 0.6) is 0 Å². The van der Waals surface area contributed by atoms with E-state index in [-0.39, 0.29) is 5.91 Å². The summed E-state index contributed by atoms with van der Waals surface area (Å²) in [7, 11) is 1.58. The largest absolute Gasteiger partial charge is 0.497 e. The number of allylic oxidation sites excluding steroid dienone is 3. The lowest BCUT2D eigenvalue weighted by atomic mass is 10.0. The molecule has 1 amide bonds. The maximum absolute atomic E-state index is 12.4. The Labute approximate surface area is 180 Å². The van der Waals surface area contributed by atoms with Gasteiger partial charge in [0.25, 0.3) is 0 Å². The van der Waals surface area contributed by atoms with Crippen molar-refractivity contribution < 1.29 is 9.53 Å². The molecule has 30 heavy (non-hydrogen) atoms. The Hall–Kier alpha value is -2.89. The molecule has 0 N–H and O–H groups in total. The van der Waals surface area contributed by atoms with Crippen LogP contribution in [0.3, 0.4) is 0 Å². The zero-order valence-electron chi connectivity index (χ0n) is 18.7. The highest BCUT2D eigenvalue weighted by atomic mass is 16.5. The van der Waals surface area contributed by atoms with Crippen molar-refractivity contribution >= 4 is 17.1 Å². The lowest BCUT2D eigenvalue weighted by Gasteiger charge is -2.17. The standard InChI is InChI=1S/C22H28N4O2.C2H6/c1-5-6-18-11-20(27)25(13-18)14-19-9-10-23-22-21(19)24-15-26(22)12-16(2)7-8-17(3)28-4;1-2/h7-10,15,18H,2-3,5-6,11-14H2,1,4H3;1-2H3/b8-7-;. The Bertz CT molecular complexity index is 913. The van der Waals surface area contributed by atoms with Gasteiger partial charge in [-0.3, -0.25) is 4.79 Å². The molecule has 0 spiro atoms. The van der Waals surface area contributed by atoms with Gasteiger partial charge in [-0.2, -0.15) is 0 Å². The molecule has 0 radical (unpaired) electrons. The summed E-state index contributed by atoms with van der Waals surface area (Å²) < 4.78 is 7.00. The minimum atomic E-state index is 0.236. The van der Waals surface area contributed by atoms with Crippen LogP contribution < -0.4 is 0 Å². The molecule has 1 aliphatic rings. The third-order valence-electron chi connectivity index (χ3n) is 5.08. The number of amides is 1. The molecule has 0 aromatic carbocycles. The number of methoxy groups -OCH3 is 1. The summed E-state index contributed by atoms with van der Waals surface area (Å²) in [5, 5.41) is 0. The molecule has 1 aliphatic heterocycles. The first-order chi connectivity index (χ1) is 14.5. The van der Waals surface area contributed by atoms with Gasteiger partial charge in [-0.15, -0.1) is 0 Å². The molecule has 0 bridgehead atoms. The van der Waals surface area contributed by atoms with E-state index in [0.29, 0.717) is 31.2 Å². The smallest absolute Gasteiger partial charge is 0.223 e. The number of ether oxygens (including phenoxy) is 1. The number of hydrogen-bond acceptors (Lipinski definition) is 4. The zero-order chi connectivity index (χ0) is 22.1. The summed E-state index contributed by atoms with van der Waals surface area (Å²) in [5.41, 5.74) is 3.56. The van der Waals surface area contributed by atoms with Crippen molar-refractivity contribution in [3.63, 3.8) is 0 Å². The van der Waals surface area contributed by atoms with Gasteiger partial charge in [0.05, 0.1) is 13.4 Å². The number of pyridine rings is 1. The second kappa shape index (κ2) is 11.3. The highest BCUT2D eigenvalue weighted by Gasteiger charge is 2.29. The topological polar surface area (TPSA) is 60.2 Å². The average Bonchev–Trinajstić information content (AvgIpc) is 3.32. The van der Waals surface area contributed by atoms with E-state index in [1.807, 2.05) is 35.5 Å². The monoisotopic (exact) mass is 410 g/mol. The molecule has 1 fully saturated rings. The van der Waals surface area contributed by atoms with Crippen molar-refractivity contribution in [2.75, 3.05) is 13.7 Å². The molecule has 0 aliphatic carbocycles. The van der Waals surface area contributed by atoms with Gasteiger partial charge in [0, 0.05) is 37.8 Å². The van der Waals surface area contributed by atoms with Crippen LogP contribution in [0.2, 0.25) is 0 Å². The normalized spacial score (nSPS) is 16.1. The summed E-state index contributed by atoms with van der Waals surface area (Å²) in [5.74, 6) is 1.29. The van der Waals surface area contributed by atoms with E-state index in [1.54, 1.807) is 25.7 Å². The average molecular weight is 411 g/mol. The van der Waals surface area contributed by atoms with Crippen LogP contribution in [0.15, 0.2) is 55.2 Å². The van der Waals surface area contributed by atoms with Crippen molar-refractivity contribution in [1.82, 2.24) is 19.4 Å². The predicted molar refractivity (Wildman–Crippen MR) is 122 cm³/mol. The number of carbonyl (C=O) groups excluding carboxylic acids is 1. The minimum absolute atomic E-state index is 0.236. The van der Waals surface area contributed by atoms with Gasteiger partial charge in [0.2, 0.25) is 5.91 Å². The minimum Gasteiger partial charge on any atom is -0.497 e. The molecule has 6 nitrogen and oxygen atoms in total. The zero-order valence-corrected chi connectivity index (χ0v) is 18.7. The molecule has 1 atom stereocenters. The number of fused-ring (bicyclic) bond motifs is 1. The highest BCUT2D eigenvalue weighted by Crippen LogP contribution is 2.25. The Morgan fingerprint density at radius 2 is 2.07 bits per heavy atom. The Morgan fingerprint density at radius 1 is 1.30 bits per heavy atom. The van der Waals surface area contributed by atoms with Crippen molar-refractivity contribution in [2.24, 2.45) is 5.92 Å². The van der Waals surface area contributed by atoms with Gasteiger partial charge >= 0.3 is 0 Å². The van der Waals surface area contributed by atoms with E-state index >= 15 is 0 Å². The van der Waals surface area contributed by atoms with Gasteiger partial charge in [-0.1, -0.05) is 46.4 Å². The first kappa shape index (κ1) is 23.4. The maximum Gasteiger partial charge on any atom is 0.223 e. The van der Waals surface area contributed by atoms with Gasteiger partial charge in [-0.25, -0.2) is 9.97 Å². The van der Waals surface area contributed by atoms with E-state index in [9.17, 15) is 4.79 Å². The summed E-state index contributed by atoms with van der Waals surface area (Å²) in [6.45, 7) is 16.0. The summed E-state index contributed by atoms with van der Waals surface area (Å²) >= 11 is 0. The fraction of sp³-hybridized carbons (Fsp3) is 0.458. The summed E-state index contributed by atoms with van der Waals surface area (Å²) in [6.07, 6.45) is 10.1. The van der Waals surface area contributed by atoms with Gasteiger partial charge in [-0.05, 0) is 30.1 Å². The van der Waals surface area contributed by atoms with E-state index in [0.717, 1.165) is 41.7 Å².